The van der Waals surface area contributed by atoms with Crippen LogP contribution >= 0.6 is 0 Å². The van der Waals surface area contributed by atoms with E-state index in [1.54, 1.807) is 36.4 Å². The minimum Gasteiger partial charge on any atom is -0.508 e. The number of carbonyl (C=O) groups excluding carboxylic acids is 1. The van der Waals surface area contributed by atoms with Crippen LogP contribution < -0.4 is 14.9 Å². The Balaban J connectivity index is 2.09. The van der Waals surface area contributed by atoms with Crippen molar-refractivity contribution in [2.45, 2.75) is 0 Å². The Morgan fingerprint density at radius 2 is 2.00 bits per heavy atom. The molecule has 2 aromatic rings. The van der Waals surface area contributed by atoms with Crippen LogP contribution in [0, 0.1) is 0 Å². The lowest BCUT2D eigenvalue weighted by Crippen LogP contribution is -2.18. The maximum absolute atomic E-state index is 12.1. The Labute approximate surface area is 128 Å². The number of phenolic OH excluding ortho intramolecular Hbond substituents is 1. The number of nitrogens with one attached hydrogen (secondary N) is 1. The Morgan fingerprint density at radius 1 is 1.18 bits per heavy atom. The van der Waals surface area contributed by atoms with Crippen molar-refractivity contribution in [1.82, 2.24) is 5.43 Å². The maximum Gasteiger partial charge on any atom is 0.275 e. The lowest BCUT2D eigenvalue weighted by Gasteiger charge is -2.08. The molecule has 0 unspecified atom stereocenters. The van der Waals surface area contributed by atoms with Crippen LogP contribution in [0.25, 0.3) is 0 Å². The standard InChI is InChI=1S/C16H16N2O4/c1-21-13-6-7-14(15(9-13)22-2)16(20)18-17-10-11-4-3-5-12(19)8-11/h3-10,19H,1-2H3,(H,18,20). The molecule has 114 valence electrons. The quantitative estimate of drug-likeness (QED) is 0.655. The first kappa shape index (κ1) is 15.4. The minimum absolute atomic E-state index is 0.132. The van der Waals surface area contributed by atoms with Crippen LogP contribution in [-0.2, 0) is 0 Å². The molecule has 0 fully saturated rings. The zero-order chi connectivity index (χ0) is 15.9. The van der Waals surface area contributed by atoms with Gasteiger partial charge in [0.25, 0.3) is 5.91 Å². The summed E-state index contributed by atoms with van der Waals surface area (Å²) < 4.78 is 10.2. The van der Waals surface area contributed by atoms with Crippen LogP contribution in [0.2, 0.25) is 0 Å². The molecular weight excluding hydrogens is 284 g/mol. The summed E-state index contributed by atoms with van der Waals surface area (Å²) in [4.78, 5) is 12.1. The summed E-state index contributed by atoms with van der Waals surface area (Å²) >= 11 is 0. The van der Waals surface area contributed by atoms with E-state index in [4.69, 9.17) is 9.47 Å². The molecule has 0 aliphatic rings. The second-order valence-corrected chi connectivity index (χ2v) is 4.36. The molecule has 0 saturated heterocycles. The van der Waals surface area contributed by atoms with Gasteiger partial charge in [0.15, 0.2) is 0 Å². The second kappa shape index (κ2) is 7.12. The van der Waals surface area contributed by atoms with Crippen LogP contribution in [-0.4, -0.2) is 31.4 Å². The van der Waals surface area contributed by atoms with Gasteiger partial charge in [0.2, 0.25) is 0 Å². The lowest BCUT2D eigenvalue weighted by atomic mass is 10.2. The number of carbonyl (C=O) groups is 1. The highest BCUT2D eigenvalue weighted by atomic mass is 16.5. The van der Waals surface area contributed by atoms with Crippen molar-refractivity contribution < 1.29 is 19.4 Å². The van der Waals surface area contributed by atoms with Crippen molar-refractivity contribution in [3.05, 3.63) is 53.6 Å². The number of aromatic hydroxyl groups is 1. The van der Waals surface area contributed by atoms with E-state index in [0.29, 0.717) is 22.6 Å². The third-order valence-corrected chi connectivity index (χ3v) is 2.90. The number of hydrogen-bond acceptors (Lipinski definition) is 5. The fourth-order valence-corrected chi connectivity index (χ4v) is 1.82. The molecule has 0 aliphatic heterocycles. The summed E-state index contributed by atoms with van der Waals surface area (Å²) in [7, 11) is 3.01. The van der Waals surface area contributed by atoms with Crippen LogP contribution in [0.5, 0.6) is 17.2 Å². The van der Waals surface area contributed by atoms with Crippen molar-refractivity contribution in [2.24, 2.45) is 5.10 Å². The maximum atomic E-state index is 12.1. The van der Waals surface area contributed by atoms with Crippen LogP contribution in [0.4, 0.5) is 0 Å². The first-order valence-corrected chi connectivity index (χ1v) is 6.48. The van der Waals surface area contributed by atoms with Crippen molar-refractivity contribution in [2.75, 3.05) is 14.2 Å². The van der Waals surface area contributed by atoms with Gasteiger partial charge in [-0.2, -0.15) is 5.10 Å². The van der Waals surface area contributed by atoms with Gasteiger partial charge in [-0.3, -0.25) is 4.79 Å². The van der Waals surface area contributed by atoms with Gasteiger partial charge in [-0.1, -0.05) is 12.1 Å². The Bertz CT molecular complexity index is 698. The molecule has 0 spiro atoms. The minimum atomic E-state index is -0.407. The number of rotatable bonds is 5. The van der Waals surface area contributed by atoms with E-state index in [1.165, 1.54) is 26.5 Å². The molecule has 0 atom stereocenters. The molecule has 0 heterocycles. The highest BCUT2D eigenvalue weighted by Crippen LogP contribution is 2.24. The van der Waals surface area contributed by atoms with Crippen LogP contribution in [0.1, 0.15) is 15.9 Å². The van der Waals surface area contributed by atoms with E-state index in [9.17, 15) is 9.90 Å². The van der Waals surface area contributed by atoms with Gasteiger partial charge in [-0.25, -0.2) is 5.43 Å². The van der Waals surface area contributed by atoms with Crippen LogP contribution in [0.15, 0.2) is 47.6 Å². The Hall–Kier alpha value is -3.02. The zero-order valence-corrected chi connectivity index (χ0v) is 12.2. The number of amides is 1. The summed E-state index contributed by atoms with van der Waals surface area (Å²) in [5, 5.41) is 13.2. The first-order valence-electron chi connectivity index (χ1n) is 6.48. The van der Waals surface area contributed by atoms with Gasteiger partial charge >= 0.3 is 0 Å². The Kier molecular flexibility index (Phi) is 4.98. The molecular formula is C16H16N2O4. The van der Waals surface area contributed by atoms with E-state index in [1.807, 2.05) is 0 Å². The largest absolute Gasteiger partial charge is 0.508 e. The van der Waals surface area contributed by atoms with Crippen molar-refractivity contribution in [3.63, 3.8) is 0 Å². The van der Waals surface area contributed by atoms with E-state index < -0.39 is 5.91 Å². The molecule has 2 N–H and O–H groups in total. The molecule has 0 radical (unpaired) electrons. The smallest absolute Gasteiger partial charge is 0.275 e. The van der Waals surface area contributed by atoms with Crippen LogP contribution in [0.3, 0.4) is 0 Å². The van der Waals surface area contributed by atoms with E-state index in [0.717, 1.165) is 0 Å². The topological polar surface area (TPSA) is 80.2 Å². The summed E-state index contributed by atoms with van der Waals surface area (Å²) in [6.45, 7) is 0. The summed E-state index contributed by atoms with van der Waals surface area (Å²) in [5.74, 6) is 0.712. The monoisotopic (exact) mass is 300 g/mol. The SMILES string of the molecule is COc1ccc(C(=O)NN=Cc2cccc(O)c2)c(OC)c1. The molecule has 2 aromatic carbocycles. The molecule has 0 saturated carbocycles. The molecule has 0 bridgehead atoms. The molecule has 22 heavy (non-hydrogen) atoms. The van der Waals surface area contributed by atoms with Gasteiger partial charge in [-0.15, -0.1) is 0 Å². The average Bonchev–Trinajstić information content (AvgIpc) is 2.54. The van der Waals surface area contributed by atoms with Gasteiger partial charge in [0, 0.05) is 6.07 Å². The number of nitrogens with zero attached hydrogens (tertiary/aromatic N) is 1. The molecule has 0 aromatic heterocycles. The van der Waals surface area contributed by atoms with Crippen molar-refractivity contribution >= 4 is 12.1 Å². The zero-order valence-electron chi connectivity index (χ0n) is 12.2. The second-order valence-electron chi connectivity index (χ2n) is 4.36. The lowest BCUT2D eigenvalue weighted by molar-refractivity contribution is 0.0952. The van der Waals surface area contributed by atoms with E-state index in [2.05, 4.69) is 10.5 Å². The third kappa shape index (κ3) is 3.76. The average molecular weight is 300 g/mol. The van der Waals surface area contributed by atoms with Crippen molar-refractivity contribution in [3.8, 4) is 17.2 Å². The number of phenols is 1. The van der Waals surface area contributed by atoms with Gasteiger partial charge < -0.3 is 14.6 Å². The normalized spacial score (nSPS) is 10.5. The van der Waals surface area contributed by atoms with Crippen molar-refractivity contribution in [1.29, 1.82) is 0 Å². The number of hydrogen-bond donors (Lipinski definition) is 2. The molecule has 6 heteroatoms. The van der Waals surface area contributed by atoms with Gasteiger partial charge in [0.1, 0.15) is 17.2 Å². The van der Waals surface area contributed by atoms with Gasteiger partial charge in [0.05, 0.1) is 26.0 Å². The number of methoxy groups -OCH3 is 2. The van der Waals surface area contributed by atoms with E-state index in [-0.39, 0.29) is 5.75 Å². The fourth-order valence-electron chi connectivity index (χ4n) is 1.82. The predicted molar refractivity (Wildman–Crippen MR) is 82.7 cm³/mol. The molecule has 2 rings (SSSR count). The molecule has 1 amide bonds. The number of hydrazone groups is 1. The summed E-state index contributed by atoms with van der Waals surface area (Å²) in [6, 6.07) is 11.4. The third-order valence-electron chi connectivity index (χ3n) is 2.90. The molecule has 6 nitrogen and oxygen atoms in total. The first-order chi connectivity index (χ1) is 10.6. The highest BCUT2D eigenvalue weighted by molar-refractivity contribution is 5.97. The Morgan fingerprint density at radius 3 is 2.68 bits per heavy atom. The summed E-state index contributed by atoms with van der Waals surface area (Å²) in [6.07, 6.45) is 1.44. The highest BCUT2D eigenvalue weighted by Gasteiger charge is 2.12. The predicted octanol–water partition coefficient (Wildman–Crippen LogP) is 2.17. The number of benzene rings is 2. The fraction of sp³-hybridized carbons (Fsp3) is 0.125. The van der Waals surface area contributed by atoms with E-state index >= 15 is 0 Å². The number of ether oxygens (including phenoxy) is 2. The summed E-state index contributed by atoms with van der Waals surface area (Å²) in [5.41, 5.74) is 3.42. The molecule has 0 aliphatic carbocycles. The van der Waals surface area contributed by atoms with Gasteiger partial charge in [-0.05, 0) is 29.8 Å².